The van der Waals surface area contributed by atoms with Crippen molar-refractivity contribution in [3.8, 4) is 0 Å². The number of hydrogen-bond donors (Lipinski definition) is 0. The standard InChI is InChI=1S/C24H25ClN2OS/c25-18-7-5-17(6-8-18)11-12-26-13-14-27(24(28)16-26)19-9-10-21-20-3-1-2-4-22(20)29-23(21)15-19/h5-10,15H,1-4,11-14,16H2. The molecule has 5 rings (SSSR count). The minimum absolute atomic E-state index is 0.202. The van der Waals surface area contributed by atoms with Crippen molar-refractivity contribution in [3.63, 3.8) is 0 Å². The Morgan fingerprint density at radius 1 is 1.00 bits per heavy atom. The summed E-state index contributed by atoms with van der Waals surface area (Å²) in [7, 11) is 0. The van der Waals surface area contributed by atoms with E-state index in [0.29, 0.717) is 6.54 Å². The number of anilines is 1. The van der Waals surface area contributed by atoms with Gasteiger partial charge in [-0.15, -0.1) is 11.3 Å². The Balaban J connectivity index is 1.26. The van der Waals surface area contributed by atoms with E-state index in [4.69, 9.17) is 11.6 Å². The van der Waals surface area contributed by atoms with Gasteiger partial charge in [-0.05, 0) is 72.9 Å². The van der Waals surface area contributed by atoms with Crippen LogP contribution in [0.1, 0.15) is 28.8 Å². The molecule has 0 bridgehead atoms. The van der Waals surface area contributed by atoms with E-state index >= 15 is 0 Å². The van der Waals surface area contributed by atoms with Gasteiger partial charge >= 0.3 is 0 Å². The second kappa shape index (κ2) is 8.10. The molecule has 1 aromatic heterocycles. The first-order valence-electron chi connectivity index (χ1n) is 10.5. The van der Waals surface area contributed by atoms with Crippen LogP contribution in [0.4, 0.5) is 5.69 Å². The van der Waals surface area contributed by atoms with Gasteiger partial charge in [0.15, 0.2) is 0 Å². The Bertz CT molecular complexity index is 1040. The average molecular weight is 425 g/mol. The van der Waals surface area contributed by atoms with E-state index in [2.05, 4.69) is 35.2 Å². The second-order valence-electron chi connectivity index (χ2n) is 8.09. The fourth-order valence-electron chi connectivity index (χ4n) is 4.54. The smallest absolute Gasteiger partial charge is 0.241 e. The van der Waals surface area contributed by atoms with Gasteiger partial charge in [0.25, 0.3) is 0 Å². The number of halogens is 1. The van der Waals surface area contributed by atoms with Gasteiger partial charge in [0.2, 0.25) is 5.91 Å². The zero-order chi connectivity index (χ0) is 19.8. The van der Waals surface area contributed by atoms with Crippen molar-refractivity contribution in [1.82, 2.24) is 4.90 Å². The van der Waals surface area contributed by atoms with Crippen molar-refractivity contribution in [1.29, 1.82) is 0 Å². The third kappa shape index (κ3) is 3.94. The normalized spacial score (nSPS) is 17.7. The molecule has 0 unspecified atom stereocenters. The van der Waals surface area contributed by atoms with Gasteiger partial charge in [0.1, 0.15) is 0 Å². The third-order valence-corrected chi connectivity index (χ3v) is 7.69. The number of rotatable bonds is 4. The maximum atomic E-state index is 12.9. The lowest BCUT2D eigenvalue weighted by atomic mass is 9.96. The number of benzene rings is 2. The number of carbonyl (C=O) groups is 1. The van der Waals surface area contributed by atoms with Crippen LogP contribution < -0.4 is 4.90 Å². The van der Waals surface area contributed by atoms with Crippen molar-refractivity contribution < 1.29 is 4.79 Å². The highest BCUT2D eigenvalue weighted by Crippen LogP contribution is 2.38. The molecule has 1 saturated heterocycles. The topological polar surface area (TPSA) is 23.6 Å². The van der Waals surface area contributed by atoms with Crippen LogP contribution in [-0.2, 0) is 24.1 Å². The molecule has 2 aromatic carbocycles. The number of fused-ring (bicyclic) bond motifs is 3. The lowest BCUT2D eigenvalue weighted by Crippen LogP contribution is -2.50. The summed E-state index contributed by atoms with van der Waals surface area (Å²) in [6, 6.07) is 14.6. The largest absolute Gasteiger partial charge is 0.310 e. The predicted molar refractivity (Wildman–Crippen MR) is 122 cm³/mol. The molecule has 150 valence electrons. The van der Waals surface area contributed by atoms with Crippen molar-refractivity contribution >= 4 is 44.6 Å². The zero-order valence-corrected chi connectivity index (χ0v) is 18.1. The van der Waals surface area contributed by atoms with Crippen molar-refractivity contribution in [3.05, 3.63) is 63.5 Å². The zero-order valence-electron chi connectivity index (χ0n) is 16.5. The molecule has 0 spiro atoms. The monoisotopic (exact) mass is 424 g/mol. The number of carbonyl (C=O) groups excluding carboxylic acids is 1. The highest BCUT2D eigenvalue weighted by molar-refractivity contribution is 7.19. The Kier molecular flexibility index (Phi) is 5.33. The number of hydrogen-bond acceptors (Lipinski definition) is 3. The Morgan fingerprint density at radius 3 is 2.66 bits per heavy atom. The van der Waals surface area contributed by atoms with Crippen LogP contribution in [0.15, 0.2) is 42.5 Å². The van der Waals surface area contributed by atoms with Crippen LogP contribution in [0.25, 0.3) is 10.1 Å². The lowest BCUT2D eigenvalue weighted by Gasteiger charge is -2.34. The molecule has 29 heavy (non-hydrogen) atoms. The van der Waals surface area contributed by atoms with Gasteiger partial charge in [0, 0.05) is 39.9 Å². The van der Waals surface area contributed by atoms with Crippen LogP contribution >= 0.6 is 22.9 Å². The van der Waals surface area contributed by atoms with E-state index in [9.17, 15) is 4.79 Å². The molecule has 3 nitrogen and oxygen atoms in total. The lowest BCUT2D eigenvalue weighted by molar-refractivity contribution is -0.121. The van der Waals surface area contributed by atoms with Gasteiger partial charge in [-0.1, -0.05) is 29.8 Å². The van der Waals surface area contributed by atoms with Crippen LogP contribution in [0.3, 0.4) is 0 Å². The number of piperazine rings is 1. The fraction of sp³-hybridized carbons (Fsp3) is 0.375. The summed E-state index contributed by atoms with van der Waals surface area (Å²) in [6.07, 6.45) is 5.98. The predicted octanol–water partition coefficient (Wildman–Crippen LogP) is 5.32. The first kappa shape index (κ1) is 19.1. The molecule has 5 heteroatoms. The minimum Gasteiger partial charge on any atom is -0.310 e. The van der Waals surface area contributed by atoms with E-state index in [1.165, 1.54) is 41.3 Å². The van der Waals surface area contributed by atoms with E-state index in [0.717, 1.165) is 36.8 Å². The molecular weight excluding hydrogens is 400 g/mol. The minimum atomic E-state index is 0.202. The van der Waals surface area contributed by atoms with Crippen LogP contribution in [0.2, 0.25) is 5.02 Å². The number of amides is 1. The first-order chi connectivity index (χ1) is 14.2. The molecule has 0 atom stereocenters. The Hall–Kier alpha value is -1.88. The summed E-state index contributed by atoms with van der Waals surface area (Å²) in [5.74, 6) is 0.202. The Morgan fingerprint density at radius 2 is 1.83 bits per heavy atom. The number of thiophene rings is 1. The summed E-state index contributed by atoms with van der Waals surface area (Å²) in [6.45, 7) is 3.07. The third-order valence-electron chi connectivity index (χ3n) is 6.18. The van der Waals surface area contributed by atoms with Gasteiger partial charge in [-0.25, -0.2) is 0 Å². The van der Waals surface area contributed by atoms with E-state index in [1.54, 1.807) is 10.4 Å². The fourth-order valence-corrected chi connectivity index (χ4v) is 6.00. The summed E-state index contributed by atoms with van der Waals surface area (Å²) in [5.41, 5.74) is 3.87. The maximum Gasteiger partial charge on any atom is 0.241 e. The summed E-state index contributed by atoms with van der Waals surface area (Å²) >= 11 is 7.89. The quantitative estimate of drug-likeness (QED) is 0.565. The Labute approximate surface area is 180 Å². The van der Waals surface area contributed by atoms with Gasteiger partial charge in [-0.2, -0.15) is 0 Å². The highest BCUT2D eigenvalue weighted by Gasteiger charge is 2.25. The molecule has 2 aliphatic rings. The number of aryl methyl sites for hydroxylation is 2. The summed E-state index contributed by atoms with van der Waals surface area (Å²) in [4.78, 5) is 18.6. The molecule has 1 aliphatic heterocycles. The molecule has 0 saturated carbocycles. The molecule has 1 aliphatic carbocycles. The average Bonchev–Trinajstić information content (AvgIpc) is 3.11. The molecule has 2 heterocycles. The van der Waals surface area contributed by atoms with Gasteiger partial charge in [-0.3, -0.25) is 9.69 Å². The molecule has 1 fully saturated rings. The van der Waals surface area contributed by atoms with E-state index in [-0.39, 0.29) is 5.91 Å². The molecule has 0 radical (unpaired) electrons. The van der Waals surface area contributed by atoms with Crippen molar-refractivity contribution in [2.75, 3.05) is 31.1 Å². The molecule has 0 N–H and O–H groups in total. The summed E-state index contributed by atoms with van der Waals surface area (Å²) < 4.78 is 1.34. The van der Waals surface area contributed by atoms with Crippen molar-refractivity contribution in [2.45, 2.75) is 32.1 Å². The van der Waals surface area contributed by atoms with Crippen LogP contribution in [0.5, 0.6) is 0 Å². The van der Waals surface area contributed by atoms with Gasteiger partial charge in [0.05, 0.1) is 6.54 Å². The molecule has 3 aromatic rings. The summed E-state index contributed by atoms with van der Waals surface area (Å²) in [5, 5.41) is 2.17. The van der Waals surface area contributed by atoms with E-state index < -0.39 is 0 Å². The molecular formula is C24H25ClN2OS. The maximum absolute atomic E-state index is 12.9. The SMILES string of the molecule is O=C1CN(CCc2ccc(Cl)cc2)CCN1c1ccc2c3c(sc2c1)CCCC3. The van der Waals surface area contributed by atoms with Gasteiger partial charge < -0.3 is 4.90 Å². The van der Waals surface area contributed by atoms with Crippen LogP contribution in [0, 0.1) is 0 Å². The second-order valence-corrected chi connectivity index (χ2v) is 9.66. The van der Waals surface area contributed by atoms with Crippen molar-refractivity contribution in [2.24, 2.45) is 0 Å². The number of nitrogens with zero attached hydrogens (tertiary/aromatic N) is 2. The van der Waals surface area contributed by atoms with Crippen LogP contribution in [-0.4, -0.2) is 37.0 Å². The molecule has 1 amide bonds. The first-order valence-corrected chi connectivity index (χ1v) is 11.7. The highest BCUT2D eigenvalue weighted by atomic mass is 35.5. The van der Waals surface area contributed by atoms with E-state index in [1.807, 2.05) is 28.4 Å².